The van der Waals surface area contributed by atoms with E-state index in [1.54, 1.807) is 6.20 Å². The first kappa shape index (κ1) is 12.2. The van der Waals surface area contributed by atoms with Gasteiger partial charge in [-0.25, -0.2) is 0 Å². The summed E-state index contributed by atoms with van der Waals surface area (Å²) < 4.78 is 5.75. The number of rotatable bonds is 4. The van der Waals surface area contributed by atoms with Gasteiger partial charge in [-0.3, -0.25) is 5.10 Å². The molecule has 3 rings (SSSR count). The predicted molar refractivity (Wildman–Crippen MR) is 71.9 cm³/mol. The summed E-state index contributed by atoms with van der Waals surface area (Å²) >= 11 is 0. The Kier molecular flexibility index (Phi) is 3.20. The Hall–Kier alpha value is -1.89. The van der Waals surface area contributed by atoms with Crippen molar-refractivity contribution in [1.29, 1.82) is 0 Å². The SMILES string of the molecule is CN1CCCC1CCOc1nc(N)nc2[nH]ncc12. The van der Waals surface area contributed by atoms with Crippen LogP contribution >= 0.6 is 0 Å². The van der Waals surface area contributed by atoms with E-state index in [1.165, 1.54) is 19.4 Å². The highest BCUT2D eigenvalue weighted by Crippen LogP contribution is 2.22. The summed E-state index contributed by atoms with van der Waals surface area (Å²) in [6.45, 7) is 1.81. The molecule has 1 fully saturated rings. The summed E-state index contributed by atoms with van der Waals surface area (Å²) in [6, 6.07) is 0.610. The quantitative estimate of drug-likeness (QED) is 0.846. The molecule has 0 aliphatic carbocycles. The largest absolute Gasteiger partial charge is 0.477 e. The van der Waals surface area contributed by atoms with Gasteiger partial charge < -0.3 is 15.4 Å². The second kappa shape index (κ2) is 5.00. The van der Waals surface area contributed by atoms with Crippen LogP contribution in [0.25, 0.3) is 11.0 Å². The number of ether oxygens (including phenoxy) is 1. The zero-order valence-electron chi connectivity index (χ0n) is 11.0. The van der Waals surface area contributed by atoms with Crippen molar-refractivity contribution >= 4 is 17.0 Å². The van der Waals surface area contributed by atoms with Crippen LogP contribution in [0.5, 0.6) is 5.88 Å². The second-order valence-electron chi connectivity index (χ2n) is 4.93. The van der Waals surface area contributed by atoms with Crippen molar-refractivity contribution in [3.8, 4) is 5.88 Å². The molecule has 3 heterocycles. The van der Waals surface area contributed by atoms with E-state index >= 15 is 0 Å². The lowest BCUT2D eigenvalue weighted by Crippen LogP contribution is -2.26. The molecule has 2 aromatic heterocycles. The monoisotopic (exact) mass is 262 g/mol. The summed E-state index contributed by atoms with van der Waals surface area (Å²) in [5, 5.41) is 7.47. The number of likely N-dealkylation sites (tertiary alicyclic amines) is 1. The fourth-order valence-electron chi connectivity index (χ4n) is 2.57. The molecule has 2 aromatic rings. The molecule has 102 valence electrons. The van der Waals surface area contributed by atoms with Gasteiger partial charge in [0.05, 0.1) is 12.8 Å². The van der Waals surface area contributed by atoms with E-state index in [-0.39, 0.29) is 5.95 Å². The van der Waals surface area contributed by atoms with Gasteiger partial charge >= 0.3 is 0 Å². The maximum Gasteiger partial charge on any atom is 0.229 e. The summed E-state index contributed by atoms with van der Waals surface area (Å²) in [7, 11) is 2.16. The minimum Gasteiger partial charge on any atom is -0.477 e. The number of nitrogens with one attached hydrogen (secondary N) is 1. The van der Waals surface area contributed by atoms with Crippen LogP contribution in [0.15, 0.2) is 6.20 Å². The number of fused-ring (bicyclic) bond motifs is 1. The minimum atomic E-state index is 0.199. The van der Waals surface area contributed by atoms with Crippen molar-refractivity contribution in [2.24, 2.45) is 0 Å². The summed E-state index contributed by atoms with van der Waals surface area (Å²) in [6.07, 6.45) is 5.17. The number of aromatic amines is 1. The zero-order valence-corrected chi connectivity index (χ0v) is 11.0. The Labute approximate surface area is 111 Å². The molecule has 0 amide bonds. The van der Waals surface area contributed by atoms with Crippen LogP contribution in [-0.2, 0) is 0 Å². The number of aromatic nitrogens is 4. The van der Waals surface area contributed by atoms with Gasteiger partial charge in [0.15, 0.2) is 5.65 Å². The summed E-state index contributed by atoms with van der Waals surface area (Å²) in [5.74, 6) is 0.710. The maximum absolute atomic E-state index is 5.75. The van der Waals surface area contributed by atoms with Crippen LogP contribution < -0.4 is 10.5 Å². The number of hydrogen-bond donors (Lipinski definition) is 2. The van der Waals surface area contributed by atoms with Crippen molar-refractivity contribution in [2.75, 3.05) is 25.9 Å². The molecule has 0 radical (unpaired) electrons. The predicted octanol–water partition coefficient (Wildman–Crippen LogP) is 0.798. The first-order valence-corrected chi connectivity index (χ1v) is 6.53. The fraction of sp³-hybridized carbons (Fsp3) is 0.583. The average Bonchev–Trinajstić information content (AvgIpc) is 2.98. The van der Waals surface area contributed by atoms with Crippen LogP contribution in [0.2, 0.25) is 0 Å². The van der Waals surface area contributed by atoms with Crippen molar-refractivity contribution in [3.05, 3.63) is 6.20 Å². The first-order chi connectivity index (χ1) is 9.24. The fourth-order valence-corrected chi connectivity index (χ4v) is 2.57. The average molecular weight is 262 g/mol. The van der Waals surface area contributed by atoms with Crippen molar-refractivity contribution in [1.82, 2.24) is 25.1 Å². The Morgan fingerprint density at radius 3 is 3.21 bits per heavy atom. The lowest BCUT2D eigenvalue weighted by atomic mass is 10.1. The highest BCUT2D eigenvalue weighted by molar-refractivity contribution is 5.80. The Bertz CT molecular complexity index is 568. The Balaban J connectivity index is 1.66. The molecule has 7 heteroatoms. The molecule has 1 aliphatic rings. The molecule has 1 aliphatic heterocycles. The van der Waals surface area contributed by atoms with Gasteiger partial charge in [0.2, 0.25) is 11.8 Å². The summed E-state index contributed by atoms with van der Waals surface area (Å²) in [4.78, 5) is 10.6. The van der Waals surface area contributed by atoms with Crippen LogP contribution in [0.4, 0.5) is 5.95 Å². The zero-order chi connectivity index (χ0) is 13.2. The first-order valence-electron chi connectivity index (χ1n) is 6.53. The number of anilines is 1. The van der Waals surface area contributed by atoms with Gasteiger partial charge in [-0.05, 0) is 32.9 Å². The molecular formula is C12H18N6O. The molecular weight excluding hydrogens is 244 g/mol. The maximum atomic E-state index is 5.75. The topological polar surface area (TPSA) is 93.0 Å². The van der Waals surface area contributed by atoms with Gasteiger partial charge in [-0.2, -0.15) is 15.1 Å². The normalized spacial score (nSPS) is 20.2. The summed E-state index contributed by atoms with van der Waals surface area (Å²) in [5.41, 5.74) is 6.25. The van der Waals surface area contributed by atoms with Crippen molar-refractivity contribution in [3.63, 3.8) is 0 Å². The van der Waals surface area contributed by atoms with E-state index in [1.807, 2.05) is 0 Å². The third kappa shape index (κ3) is 2.46. The van der Waals surface area contributed by atoms with E-state index in [2.05, 4.69) is 32.1 Å². The number of hydrogen-bond acceptors (Lipinski definition) is 6. The van der Waals surface area contributed by atoms with Gasteiger partial charge in [-0.15, -0.1) is 0 Å². The standard InChI is InChI=1S/C12H18N6O/c1-18-5-2-3-8(18)4-6-19-11-9-7-14-17-10(9)15-12(13)16-11/h7-8H,2-6H2,1H3,(H3,13,14,15,16,17). The second-order valence-corrected chi connectivity index (χ2v) is 4.93. The minimum absolute atomic E-state index is 0.199. The number of nitrogen functional groups attached to an aromatic ring is 1. The number of nitrogens with zero attached hydrogens (tertiary/aromatic N) is 4. The molecule has 0 aromatic carbocycles. The van der Waals surface area contributed by atoms with Crippen LogP contribution in [0, 0.1) is 0 Å². The molecule has 0 spiro atoms. The number of nitrogens with two attached hydrogens (primary N) is 1. The smallest absolute Gasteiger partial charge is 0.229 e. The lowest BCUT2D eigenvalue weighted by Gasteiger charge is -2.19. The van der Waals surface area contributed by atoms with Crippen LogP contribution in [0.1, 0.15) is 19.3 Å². The van der Waals surface area contributed by atoms with Gasteiger partial charge in [0, 0.05) is 6.04 Å². The highest BCUT2D eigenvalue weighted by atomic mass is 16.5. The number of H-pyrrole nitrogens is 1. The third-order valence-electron chi connectivity index (χ3n) is 3.65. The molecule has 7 nitrogen and oxygen atoms in total. The Morgan fingerprint density at radius 2 is 2.42 bits per heavy atom. The lowest BCUT2D eigenvalue weighted by molar-refractivity contribution is 0.230. The van der Waals surface area contributed by atoms with E-state index in [9.17, 15) is 0 Å². The van der Waals surface area contributed by atoms with E-state index in [0.29, 0.717) is 24.2 Å². The molecule has 1 saturated heterocycles. The van der Waals surface area contributed by atoms with Crippen LogP contribution in [0.3, 0.4) is 0 Å². The van der Waals surface area contributed by atoms with E-state index < -0.39 is 0 Å². The van der Waals surface area contributed by atoms with E-state index in [4.69, 9.17) is 10.5 Å². The third-order valence-corrected chi connectivity index (χ3v) is 3.65. The molecule has 3 N–H and O–H groups in total. The molecule has 1 unspecified atom stereocenters. The van der Waals surface area contributed by atoms with Gasteiger partial charge in [-0.1, -0.05) is 0 Å². The van der Waals surface area contributed by atoms with Crippen LogP contribution in [-0.4, -0.2) is 51.3 Å². The van der Waals surface area contributed by atoms with Gasteiger partial charge in [0.25, 0.3) is 0 Å². The Morgan fingerprint density at radius 1 is 1.53 bits per heavy atom. The highest BCUT2D eigenvalue weighted by Gasteiger charge is 2.20. The van der Waals surface area contributed by atoms with Crippen molar-refractivity contribution in [2.45, 2.75) is 25.3 Å². The molecule has 0 saturated carbocycles. The van der Waals surface area contributed by atoms with Gasteiger partial charge in [0.1, 0.15) is 5.39 Å². The van der Waals surface area contributed by atoms with Crippen molar-refractivity contribution < 1.29 is 4.74 Å². The molecule has 0 bridgehead atoms. The molecule has 1 atom stereocenters. The van der Waals surface area contributed by atoms with E-state index in [0.717, 1.165) is 11.8 Å². The molecule has 19 heavy (non-hydrogen) atoms.